The number of nitrogens with one attached hydrogen (secondary N) is 1. The second-order valence-electron chi connectivity index (χ2n) is 7.17. The summed E-state index contributed by atoms with van der Waals surface area (Å²) in [5, 5.41) is 12.4. The molecule has 1 saturated carbocycles. The molecule has 6 nitrogen and oxygen atoms in total. The van der Waals surface area contributed by atoms with Gasteiger partial charge in [-0.05, 0) is 56.9 Å². The first kappa shape index (κ1) is 19.7. The number of carbonyl (C=O) groups excluding carboxylic acids is 1. The number of anilines is 1. The van der Waals surface area contributed by atoms with Crippen LogP contribution in [0.5, 0.6) is 5.75 Å². The predicted molar refractivity (Wildman–Crippen MR) is 109 cm³/mol. The highest BCUT2D eigenvalue weighted by atomic mass is 32.2. The van der Waals surface area contributed by atoms with E-state index in [1.807, 2.05) is 32.9 Å². The number of ether oxygens (including phenoxy) is 1. The van der Waals surface area contributed by atoms with E-state index in [2.05, 4.69) is 20.1 Å². The second kappa shape index (κ2) is 8.78. The Bertz CT molecular complexity index is 813. The van der Waals surface area contributed by atoms with Crippen molar-refractivity contribution in [1.82, 2.24) is 14.8 Å². The van der Waals surface area contributed by atoms with Crippen LogP contribution in [0.3, 0.4) is 0 Å². The molecule has 3 rings (SSSR count). The van der Waals surface area contributed by atoms with Crippen molar-refractivity contribution in [2.75, 3.05) is 18.2 Å². The van der Waals surface area contributed by atoms with Gasteiger partial charge in [-0.2, -0.15) is 0 Å². The minimum atomic E-state index is -0.0384. The smallest absolute Gasteiger partial charge is 0.234 e. The monoisotopic (exact) mass is 388 g/mol. The Morgan fingerprint density at radius 3 is 2.63 bits per heavy atom. The lowest BCUT2D eigenvalue weighted by Gasteiger charge is -2.24. The van der Waals surface area contributed by atoms with Crippen molar-refractivity contribution in [3.05, 3.63) is 29.1 Å². The first-order valence-electron chi connectivity index (χ1n) is 9.49. The molecule has 1 aliphatic carbocycles. The summed E-state index contributed by atoms with van der Waals surface area (Å²) < 4.78 is 7.55. The Hall–Kier alpha value is -2.02. The van der Waals surface area contributed by atoms with E-state index in [0.29, 0.717) is 11.8 Å². The molecule has 0 saturated heterocycles. The number of aryl methyl sites for hydroxylation is 3. The van der Waals surface area contributed by atoms with Crippen LogP contribution in [0.1, 0.15) is 55.1 Å². The van der Waals surface area contributed by atoms with Gasteiger partial charge in [0.25, 0.3) is 0 Å². The molecule has 0 aliphatic heterocycles. The number of carbonyl (C=O) groups is 1. The van der Waals surface area contributed by atoms with Gasteiger partial charge in [-0.1, -0.05) is 31.0 Å². The molecule has 27 heavy (non-hydrogen) atoms. The van der Waals surface area contributed by atoms with Gasteiger partial charge >= 0.3 is 0 Å². The molecule has 0 radical (unpaired) electrons. The summed E-state index contributed by atoms with van der Waals surface area (Å²) in [6.07, 6.45) is 6.15. The Morgan fingerprint density at radius 1 is 1.19 bits per heavy atom. The SMILES string of the molecule is COc1cc(C)c(NC(=O)CSc2nnc(C)n2C2CCCCC2)cc1C. The van der Waals surface area contributed by atoms with E-state index in [4.69, 9.17) is 4.74 Å². The van der Waals surface area contributed by atoms with Crippen molar-refractivity contribution in [3.8, 4) is 5.75 Å². The van der Waals surface area contributed by atoms with Crippen molar-refractivity contribution in [2.45, 2.75) is 64.1 Å². The van der Waals surface area contributed by atoms with Crippen LogP contribution in [0.15, 0.2) is 17.3 Å². The Morgan fingerprint density at radius 2 is 1.93 bits per heavy atom. The second-order valence-corrected chi connectivity index (χ2v) is 8.11. The molecular weight excluding hydrogens is 360 g/mol. The summed E-state index contributed by atoms with van der Waals surface area (Å²) in [5.41, 5.74) is 2.81. The third kappa shape index (κ3) is 4.64. The lowest BCUT2D eigenvalue weighted by molar-refractivity contribution is -0.113. The average molecular weight is 389 g/mol. The highest BCUT2D eigenvalue weighted by Crippen LogP contribution is 2.32. The van der Waals surface area contributed by atoms with E-state index >= 15 is 0 Å². The highest BCUT2D eigenvalue weighted by Gasteiger charge is 2.22. The number of benzene rings is 1. The van der Waals surface area contributed by atoms with E-state index < -0.39 is 0 Å². The molecular formula is C20H28N4O2S. The number of thioether (sulfide) groups is 1. The molecule has 1 N–H and O–H groups in total. The molecule has 1 aromatic heterocycles. The summed E-state index contributed by atoms with van der Waals surface area (Å²) in [7, 11) is 1.65. The van der Waals surface area contributed by atoms with Crippen LogP contribution >= 0.6 is 11.8 Å². The number of amides is 1. The molecule has 146 valence electrons. The third-order valence-electron chi connectivity index (χ3n) is 5.12. The zero-order valence-electron chi connectivity index (χ0n) is 16.5. The lowest BCUT2D eigenvalue weighted by Crippen LogP contribution is -2.18. The van der Waals surface area contributed by atoms with Crippen LogP contribution in [0.4, 0.5) is 5.69 Å². The van der Waals surface area contributed by atoms with Crippen LogP contribution < -0.4 is 10.1 Å². The number of nitrogens with zero attached hydrogens (tertiary/aromatic N) is 3. The van der Waals surface area contributed by atoms with Crippen molar-refractivity contribution < 1.29 is 9.53 Å². The molecule has 1 aliphatic rings. The fourth-order valence-corrected chi connectivity index (χ4v) is 4.52. The number of hydrogen-bond acceptors (Lipinski definition) is 5. The molecule has 2 aromatic rings. The standard InChI is InChI=1S/C20H28N4O2S/c1-13-11-18(26-4)14(2)10-17(13)21-19(25)12-27-20-23-22-15(3)24(20)16-8-6-5-7-9-16/h10-11,16H,5-9,12H2,1-4H3,(H,21,25). The van der Waals surface area contributed by atoms with Gasteiger partial charge < -0.3 is 14.6 Å². The number of aromatic nitrogens is 3. The normalized spacial score (nSPS) is 15.0. The van der Waals surface area contributed by atoms with Gasteiger partial charge in [-0.15, -0.1) is 10.2 Å². The molecule has 1 heterocycles. The first-order valence-corrected chi connectivity index (χ1v) is 10.5. The van der Waals surface area contributed by atoms with Crippen LogP contribution in [0, 0.1) is 20.8 Å². The Balaban J connectivity index is 1.64. The van der Waals surface area contributed by atoms with E-state index in [9.17, 15) is 4.79 Å². The fourth-order valence-electron chi connectivity index (χ4n) is 3.67. The van der Waals surface area contributed by atoms with Crippen LogP contribution in [-0.4, -0.2) is 33.5 Å². The molecule has 1 fully saturated rings. The summed E-state index contributed by atoms with van der Waals surface area (Å²) in [4.78, 5) is 12.5. The number of rotatable bonds is 6. The summed E-state index contributed by atoms with van der Waals surface area (Å²) in [6, 6.07) is 4.36. The van der Waals surface area contributed by atoms with Crippen LogP contribution in [-0.2, 0) is 4.79 Å². The number of methoxy groups -OCH3 is 1. The first-order chi connectivity index (χ1) is 13.0. The van der Waals surface area contributed by atoms with E-state index in [0.717, 1.165) is 33.5 Å². The molecule has 0 atom stereocenters. The van der Waals surface area contributed by atoms with E-state index in [1.54, 1.807) is 7.11 Å². The van der Waals surface area contributed by atoms with Gasteiger partial charge in [0.05, 0.1) is 12.9 Å². The summed E-state index contributed by atoms with van der Waals surface area (Å²) in [5.74, 6) is 2.04. The van der Waals surface area contributed by atoms with Crippen LogP contribution in [0.25, 0.3) is 0 Å². The minimum absolute atomic E-state index is 0.0384. The van der Waals surface area contributed by atoms with Crippen LogP contribution in [0.2, 0.25) is 0 Å². The maximum atomic E-state index is 12.5. The lowest BCUT2D eigenvalue weighted by atomic mass is 9.95. The maximum absolute atomic E-state index is 12.5. The van der Waals surface area contributed by atoms with Gasteiger partial charge in [0.1, 0.15) is 11.6 Å². The minimum Gasteiger partial charge on any atom is -0.496 e. The third-order valence-corrected chi connectivity index (χ3v) is 6.07. The van der Waals surface area contributed by atoms with Gasteiger partial charge in [-0.25, -0.2) is 0 Å². The van der Waals surface area contributed by atoms with Gasteiger partial charge in [0.15, 0.2) is 5.16 Å². The van der Waals surface area contributed by atoms with Gasteiger partial charge in [-0.3, -0.25) is 4.79 Å². The molecule has 0 unspecified atom stereocenters. The molecule has 0 spiro atoms. The molecule has 7 heteroatoms. The Kier molecular flexibility index (Phi) is 6.42. The predicted octanol–water partition coefficient (Wildman–Crippen LogP) is 4.45. The Labute approximate surface area is 165 Å². The van der Waals surface area contributed by atoms with Crippen molar-refractivity contribution in [2.24, 2.45) is 0 Å². The molecule has 1 aromatic carbocycles. The van der Waals surface area contributed by atoms with Crippen molar-refractivity contribution >= 4 is 23.4 Å². The zero-order chi connectivity index (χ0) is 19.4. The zero-order valence-corrected chi connectivity index (χ0v) is 17.4. The van der Waals surface area contributed by atoms with Crippen molar-refractivity contribution in [1.29, 1.82) is 0 Å². The fraction of sp³-hybridized carbons (Fsp3) is 0.550. The van der Waals surface area contributed by atoms with Gasteiger partial charge in [0, 0.05) is 11.7 Å². The molecule has 1 amide bonds. The topological polar surface area (TPSA) is 69.0 Å². The quantitative estimate of drug-likeness (QED) is 0.741. The summed E-state index contributed by atoms with van der Waals surface area (Å²) in [6.45, 7) is 5.93. The highest BCUT2D eigenvalue weighted by molar-refractivity contribution is 7.99. The van der Waals surface area contributed by atoms with Crippen molar-refractivity contribution in [3.63, 3.8) is 0 Å². The number of hydrogen-bond donors (Lipinski definition) is 1. The molecule has 0 bridgehead atoms. The van der Waals surface area contributed by atoms with E-state index in [-0.39, 0.29) is 5.91 Å². The van der Waals surface area contributed by atoms with Gasteiger partial charge in [0.2, 0.25) is 5.91 Å². The maximum Gasteiger partial charge on any atom is 0.234 e. The summed E-state index contributed by atoms with van der Waals surface area (Å²) >= 11 is 1.46. The average Bonchev–Trinajstić information content (AvgIpc) is 3.04. The largest absolute Gasteiger partial charge is 0.496 e. The van der Waals surface area contributed by atoms with E-state index in [1.165, 1.54) is 43.9 Å².